The van der Waals surface area contributed by atoms with Gasteiger partial charge >= 0.3 is 5.69 Å². The van der Waals surface area contributed by atoms with Crippen LogP contribution in [0.2, 0.25) is 18.1 Å². The number of hydrogen-bond acceptors (Lipinski definition) is 11. The molecule has 13 nitrogen and oxygen atoms in total. The highest BCUT2D eigenvalue weighted by atomic mass is 31.2. The van der Waals surface area contributed by atoms with Crippen molar-refractivity contribution < 1.29 is 34.1 Å². The number of hydrogen-bond donors (Lipinski definition) is 4. The third-order valence-corrected chi connectivity index (χ3v) is 22.3. The third kappa shape index (κ3) is 8.04. The minimum Gasteiger partial charge on any atom is -0.497 e. The van der Waals surface area contributed by atoms with E-state index in [4.69, 9.17) is 18.7 Å². The Morgan fingerprint density at radius 3 is 1.84 bits per heavy atom. The number of H-pyrrole nitrogens is 1. The number of benzene rings is 3. The average Bonchev–Trinajstić information content (AvgIpc) is 3.46. The van der Waals surface area contributed by atoms with Gasteiger partial charge in [-0.05, 0) is 80.6 Å². The summed E-state index contributed by atoms with van der Waals surface area (Å²) in [5.74, 6) is 1.14. The summed E-state index contributed by atoms with van der Waals surface area (Å²) in [5.41, 5.74) is -1.06. The van der Waals surface area contributed by atoms with E-state index in [-0.39, 0.29) is 30.7 Å². The maximum Gasteiger partial charge on any atom is 0.330 e. The number of aromatic nitrogens is 2. The normalized spacial score (nSPS) is 22.0. The molecule has 4 aromatic rings. The number of nitrogens with one attached hydrogen (secondary N) is 1. The Morgan fingerprint density at radius 1 is 0.902 bits per heavy atom. The molecule has 1 aliphatic heterocycles. The molecule has 1 aromatic heterocycles. The molecule has 61 heavy (non-hydrogen) atoms. The van der Waals surface area contributed by atoms with E-state index >= 15 is 0 Å². The molecule has 0 amide bonds. The van der Waals surface area contributed by atoms with Crippen LogP contribution in [0.1, 0.15) is 83.4 Å². The van der Waals surface area contributed by atoms with E-state index in [2.05, 4.69) is 11.1 Å². The second-order valence-corrected chi connectivity index (χ2v) is 25.4. The molecule has 6 atom stereocenters. The molecular formula is C46H63N4O9PSi. The third-order valence-electron chi connectivity index (χ3n) is 12.9. The average molecular weight is 875 g/mol. The van der Waals surface area contributed by atoms with Gasteiger partial charge in [-0.25, -0.2) is 4.79 Å². The number of aryl methyl sites for hydroxylation is 1. The number of nitriles is 1. The second kappa shape index (κ2) is 18.3. The van der Waals surface area contributed by atoms with Crippen molar-refractivity contribution in [1.29, 1.82) is 5.26 Å². The highest BCUT2D eigenvalue weighted by molar-refractivity contribution is 7.52. The van der Waals surface area contributed by atoms with Crippen LogP contribution in [0.3, 0.4) is 0 Å². The van der Waals surface area contributed by atoms with Gasteiger partial charge in [-0.15, -0.1) is 0 Å². The quantitative estimate of drug-likeness (QED) is 0.0395. The number of aliphatic hydroxyl groups is 3. The van der Waals surface area contributed by atoms with Crippen molar-refractivity contribution in [2.75, 3.05) is 20.8 Å². The van der Waals surface area contributed by atoms with Gasteiger partial charge in [-0.3, -0.25) is 19.0 Å². The first-order valence-electron chi connectivity index (χ1n) is 20.6. The summed E-state index contributed by atoms with van der Waals surface area (Å²) < 4.78 is 28.2. The van der Waals surface area contributed by atoms with Crippen LogP contribution in [0, 0.1) is 18.3 Å². The Balaban J connectivity index is 2.04. The fourth-order valence-electron chi connectivity index (χ4n) is 8.83. The highest BCUT2D eigenvalue weighted by Crippen LogP contribution is 2.71. The van der Waals surface area contributed by atoms with E-state index in [0.717, 1.165) is 4.57 Å². The van der Waals surface area contributed by atoms with Gasteiger partial charge in [-0.1, -0.05) is 88.5 Å². The summed E-state index contributed by atoms with van der Waals surface area (Å²) in [5, 5.41) is 47.2. The lowest BCUT2D eigenvalue weighted by molar-refractivity contribution is -0.110. The van der Waals surface area contributed by atoms with Crippen molar-refractivity contribution in [3.8, 4) is 17.6 Å². The molecule has 0 radical (unpaired) electrons. The number of ether oxygens (including phenoxy) is 3. The van der Waals surface area contributed by atoms with Gasteiger partial charge in [0, 0.05) is 23.8 Å². The fraction of sp³-hybridized carbons (Fsp3) is 0.500. The van der Waals surface area contributed by atoms with E-state index in [1.165, 1.54) is 6.20 Å². The molecule has 2 unspecified atom stereocenters. The van der Waals surface area contributed by atoms with E-state index in [0.29, 0.717) is 28.2 Å². The lowest BCUT2D eigenvalue weighted by atomic mass is 9.64. The predicted molar refractivity (Wildman–Crippen MR) is 241 cm³/mol. The summed E-state index contributed by atoms with van der Waals surface area (Å²) in [6.07, 6.45) is -3.84. The number of nitrogens with zero attached hydrogens (tertiary/aromatic N) is 3. The second-order valence-electron chi connectivity index (χ2n) is 17.9. The molecule has 0 aliphatic carbocycles. The summed E-state index contributed by atoms with van der Waals surface area (Å²) in [6, 6.07) is 25.5. The first-order valence-corrected chi connectivity index (χ1v) is 24.9. The lowest BCUT2D eigenvalue weighted by Gasteiger charge is -2.58. The Bertz CT molecular complexity index is 2220. The van der Waals surface area contributed by atoms with Crippen molar-refractivity contribution >= 4 is 16.4 Å². The molecule has 1 aliphatic rings. The maximum atomic E-state index is 14.6. The van der Waals surface area contributed by atoms with Gasteiger partial charge < -0.3 is 34.1 Å². The SMILES string of the molecule is COc1ccc(C(c2ccccc2)(c2ccc(OC)cc2)C(O)[C@H]2O[C@@H](n3cc(C)c(=O)[nH]c3=O)[C@@](O)([Si](C)(C)C(C)(C)C)[C@@]2(O)P(OCCC#N)N(C(C)C)C(C)C)cc1. The van der Waals surface area contributed by atoms with E-state index < -0.39 is 67.1 Å². The van der Waals surface area contributed by atoms with Gasteiger partial charge in [0.25, 0.3) is 5.56 Å². The minimum absolute atomic E-state index is 0.0286. The van der Waals surface area contributed by atoms with Gasteiger partial charge in [0.15, 0.2) is 11.6 Å². The Kier molecular flexibility index (Phi) is 14.3. The van der Waals surface area contributed by atoms with Crippen molar-refractivity contribution in [3.05, 3.63) is 128 Å². The summed E-state index contributed by atoms with van der Waals surface area (Å²) in [7, 11) is -2.87. The van der Waals surface area contributed by atoms with Gasteiger partial charge in [0.05, 0.1) is 38.7 Å². The van der Waals surface area contributed by atoms with E-state index in [9.17, 15) is 30.2 Å². The molecule has 1 fully saturated rings. The van der Waals surface area contributed by atoms with Crippen LogP contribution in [0.25, 0.3) is 0 Å². The molecule has 330 valence electrons. The lowest BCUT2D eigenvalue weighted by Crippen LogP contribution is -2.75. The van der Waals surface area contributed by atoms with Crippen LogP contribution in [0.15, 0.2) is 94.6 Å². The number of methoxy groups -OCH3 is 2. The van der Waals surface area contributed by atoms with Crippen LogP contribution < -0.4 is 20.7 Å². The zero-order valence-electron chi connectivity index (χ0n) is 37.5. The molecule has 5 rings (SSSR count). The van der Waals surface area contributed by atoms with E-state index in [1.54, 1.807) is 45.4 Å². The molecule has 2 heterocycles. The molecule has 0 spiro atoms. The number of aromatic amines is 1. The standard InChI is InChI=1S/C46H63N4O9PSi/c1-30(2)50(31(3)4)60(58-28-16-27-47)45(54)39(59-41(46(45,55)61(11,12)43(6,7)8)49-29-32(5)40(52)48-42(49)53)38(51)44(33-17-14-13-15-18-33,34-19-23-36(56-9)24-20-34)35-21-25-37(57-10)26-22-35/h13-15,17-26,29-31,38-39,41,51,54-55H,16,28H2,1-12H3,(H,48,52,53)/t38?,39-,41-,45+,46-,60?/m1/s1. The molecule has 15 heteroatoms. The topological polar surface area (TPSA) is 180 Å². The number of rotatable bonds is 16. The van der Waals surface area contributed by atoms with Crippen molar-refractivity contribution in [2.45, 2.75) is 126 Å². The summed E-state index contributed by atoms with van der Waals surface area (Å²) in [6.45, 7) is 19.0. The highest BCUT2D eigenvalue weighted by Gasteiger charge is 2.80. The Labute approximate surface area is 361 Å². The first kappa shape index (κ1) is 47.9. The van der Waals surface area contributed by atoms with Crippen LogP contribution in [-0.2, 0) is 14.7 Å². The van der Waals surface area contributed by atoms with Gasteiger partial charge in [-0.2, -0.15) is 5.26 Å². The molecule has 0 bridgehead atoms. The van der Waals surface area contributed by atoms with Crippen molar-refractivity contribution in [2.24, 2.45) is 0 Å². The molecular weight excluding hydrogens is 812 g/mol. The monoisotopic (exact) mass is 874 g/mol. The van der Waals surface area contributed by atoms with Crippen molar-refractivity contribution in [3.63, 3.8) is 0 Å². The largest absolute Gasteiger partial charge is 0.497 e. The first-order chi connectivity index (χ1) is 28.6. The number of aliphatic hydroxyl groups excluding tert-OH is 1. The van der Waals surface area contributed by atoms with Crippen LogP contribution in [-0.4, -0.2) is 93.3 Å². The molecule has 1 saturated heterocycles. The van der Waals surface area contributed by atoms with Crippen molar-refractivity contribution in [1.82, 2.24) is 14.2 Å². The molecule has 0 saturated carbocycles. The molecule has 3 aromatic carbocycles. The minimum atomic E-state index is -3.54. The van der Waals surface area contributed by atoms with Crippen LogP contribution >= 0.6 is 8.30 Å². The smallest absolute Gasteiger partial charge is 0.330 e. The zero-order chi connectivity index (χ0) is 45.3. The fourth-order valence-corrected chi connectivity index (χ4v) is 15.6. The van der Waals surface area contributed by atoms with Crippen LogP contribution in [0.4, 0.5) is 0 Å². The van der Waals surface area contributed by atoms with Gasteiger partial charge in [0.1, 0.15) is 45.3 Å². The zero-order valence-corrected chi connectivity index (χ0v) is 39.4. The maximum absolute atomic E-state index is 14.6. The van der Waals surface area contributed by atoms with Crippen LogP contribution in [0.5, 0.6) is 11.5 Å². The van der Waals surface area contributed by atoms with Gasteiger partial charge in [0.2, 0.25) is 0 Å². The molecule has 4 N–H and O–H groups in total. The summed E-state index contributed by atoms with van der Waals surface area (Å²) >= 11 is 0. The Hall–Kier alpha value is -4.16. The predicted octanol–water partition coefficient (Wildman–Crippen LogP) is 6.98. The Morgan fingerprint density at radius 2 is 1.39 bits per heavy atom. The summed E-state index contributed by atoms with van der Waals surface area (Å²) in [4.78, 5) is 29.4. The van der Waals surface area contributed by atoms with E-state index in [1.807, 2.05) is 121 Å².